The molecule has 0 fully saturated rings. The molecule has 0 saturated heterocycles. The Morgan fingerprint density at radius 2 is 1.62 bits per heavy atom. The second kappa shape index (κ2) is 8.86. The van der Waals surface area contributed by atoms with Crippen LogP contribution in [0.25, 0.3) is 0 Å². The molecule has 3 aromatic carbocycles. The summed E-state index contributed by atoms with van der Waals surface area (Å²) in [4.78, 5) is 12.3. The SMILES string of the molecule is CCc1cccc(OCC(=O)Nc2ccccc2Cc2ccccc2)c1. The van der Waals surface area contributed by atoms with Crippen LogP contribution in [0.4, 0.5) is 5.69 Å². The molecule has 3 aromatic rings. The highest BCUT2D eigenvalue weighted by atomic mass is 16.5. The number of amides is 1. The van der Waals surface area contributed by atoms with Crippen LogP contribution < -0.4 is 10.1 Å². The Morgan fingerprint density at radius 3 is 2.42 bits per heavy atom. The summed E-state index contributed by atoms with van der Waals surface area (Å²) in [7, 11) is 0. The number of aryl methyl sites for hydroxylation is 1. The predicted octanol–water partition coefficient (Wildman–Crippen LogP) is 4.86. The largest absolute Gasteiger partial charge is 0.484 e. The van der Waals surface area contributed by atoms with Crippen molar-refractivity contribution in [3.05, 3.63) is 95.6 Å². The highest BCUT2D eigenvalue weighted by Gasteiger charge is 2.08. The second-order valence-electron chi connectivity index (χ2n) is 6.16. The summed E-state index contributed by atoms with van der Waals surface area (Å²) in [6.07, 6.45) is 1.72. The van der Waals surface area contributed by atoms with E-state index in [0.717, 1.165) is 29.8 Å². The Bertz CT molecular complexity index is 859. The monoisotopic (exact) mass is 345 g/mol. The number of anilines is 1. The normalized spacial score (nSPS) is 10.3. The van der Waals surface area contributed by atoms with Crippen LogP contribution in [0.5, 0.6) is 5.75 Å². The van der Waals surface area contributed by atoms with Crippen molar-refractivity contribution in [1.29, 1.82) is 0 Å². The number of rotatable bonds is 7. The molecule has 0 bridgehead atoms. The van der Waals surface area contributed by atoms with Crippen LogP contribution in [-0.2, 0) is 17.6 Å². The highest BCUT2D eigenvalue weighted by Crippen LogP contribution is 2.19. The number of carbonyl (C=O) groups is 1. The molecule has 0 atom stereocenters. The summed E-state index contributed by atoms with van der Waals surface area (Å²) < 4.78 is 5.63. The van der Waals surface area contributed by atoms with Gasteiger partial charge in [0.25, 0.3) is 5.91 Å². The molecule has 3 rings (SSSR count). The molecule has 132 valence electrons. The van der Waals surface area contributed by atoms with Gasteiger partial charge in [0.1, 0.15) is 5.75 Å². The lowest BCUT2D eigenvalue weighted by Crippen LogP contribution is -2.21. The fourth-order valence-electron chi connectivity index (χ4n) is 2.80. The van der Waals surface area contributed by atoms with Crippen LogP contribution in [0.15, 0.2) is 78.9 Å². The van der Waals surface area contributed by atoms with Crippen molar-refractivity contribution < 1.29 is 9.53 Å². The van der Waals surface area contributed by atoms with Crippen molar-refractivity contribution >= 4 is 11.6 Å². The van der Waals surface area contributed by atoms with Crippen molar-refractivity contribution in [2.24, 2.45) is 0 Å². The third-order valence-electron chi connectivity index (χ3n) is 4.21. The van der Waals surface area contributed by atoms with E-state index < -0.39 is 0 Å². The molecule has 3 nitrogen and oxygen atoms in total. The molecule has 0 aliphatic carbocycles. The van der Waals surface area contributed by atoms with E-state index in [1.807, 2.05) is 66.7 Å². The predicted molar refractivity (Wildman–Crippen MR) is 106 cm³/mol. The Balaban J connectivity index is 1.62. The molecule has 0 aromatic heterocycles. The van der Waals surface area contributed by atoms with Gasteiger partial charge in [0, 0.05) is 5.69 Å². The summed E-state index contributed by atoms with van der Waals surface area (Å²) in [5, 5.41) is 2.97. The van der Waals surface area contributed by atoms with Gasteiger partial charge in [-0.1, -0.05) is 67.6 Å². The van der Waals surface area contributed by atoms with Crippen molar-refractivity contribution in [3.8, 4) is 5.75 Å². The molecule has 0 aliphatic heterocycles. The van der Waals surface area contributed by atoms with Gasteiger partial charge in [0.05, 0.1) is 0 Å². The number of benzene rings is 3. The highest BCUT2D eigenvalue weighted by molar-refractivity contribution is 5.92. The van der Waals surface area contributed by atoms with Crippen LogP contribution in [0, 0.1) is 0 Å². The maximum atomic E-state index is 12.3. The van der Waals surface area contributed by atoms with E-state index in [4.69, 9.17) is 4.74 Å². The molecule has 0 spiro atoms. The summed E-state index contributed by atoms with van der Waals surface area (Å²) >= 11 is 0. The minimum absolute atomic E-state index is 0.00710. The van der Waals surface area contributed by atoms with Crippen molar-refractivity contribution in [2.75, 3.05) is 11.9 Å². The Labute approximate surface area is 154 Å². The van der Waals surface area contributed by atoms with Gasteiger partial charge < -0.3 is 10.1 Å². The lowest BCUT2D eigenvalue weighted by atomic mass is 10.0. The van der Waals surface area contributed by atoms with Crippen LogP contribution >= 0.6 is 0 Å². The van der Waals surface area contributed by atoms with Gasteiger partial charge in [-0.25, -0.2) is 0 Å². The van der Waals surface area contributed by atoms with Crippen molar-refractivity contribution in [3.63, 3.8) is 0 Å². The van der Waals surface area contributed by atoms with E-state index in [-0.39, 0.29) is 12.5 Å². The summed E-state index contributed by atoms with van der Waals surface area (Å²) in [6, 6.07) is 25.9. The van der Waals surface area contributed by atoms with Gasteiger partial charge >= 0.3 is 0 Å². The molecule has 3 heteroatoms. The van der Waals surface area contributed by atoms with E-state index in [1.165, 1.54) is 11.1 Å². The molecule has 26 heavy (non-hydrogen) atoms. The molecule has 1 amide bonds. The smallest absolute Gasteiger partial charge is 0.262 e. The molecule has 1 N–H and O–H groups in total. The van der Waals surface area contributed by atoms with Crippen molar-refractivity contribution in [1.82, 2.24) is 0 Å². The number of carbonyl (C=O) groups excluding carboxylic acids is 1. The number of para-hydroxylation sites is 1. The first-order valence-electron chi connectivity index (χ1n) is 8.88. The van der Waals surface area contributed by atoms with Gasteiger partial charge in [-0.15, -0.1) is 0 Å². The summed E-state index contributed by atoms with van der Waals surface area (Å²) in [5.41, 5.74) is 4.31. The average Bonchev–Trinajstić information content (AvgIpc) is 2.69. The Kier molecular flexibility index (Phi) is 6.05. The number of nitrogens with one attached hydrogen (secondary N) is 1. The fourth-order valence-corrected chi connectivity index (χ4v) is 2.80. The maximum absolute atomic E-state index is 12.3. The maximum Gasteiger partial charge on any atom is 0.262 e. The van der Waals surface area contributed by atoms with E-state index in [9.17, 15) is 4.79 Å². The summed E-state index contributed by atoms with van der Waals surface area (Å²) in [6.45, 7) is 2.09. The van der Waals surface area contributed by atoms with E-state index in [0.29, 0.717) is 0 Å². The minimum atomic E-state index is -0.160. The number of hydrogen-bond acceptors (Lipinski definition) is 2. The molecule has 0 aliphatic rings. The van der Waals surface area contributed by atoms with Crippen LogP contribution in [-0.4, -0.2) is 12.5 Å². The average molecular weight is 345 g/mol. The van der Waals surface area contributed by atoms with Crippen LogP contribution in [0.2, 0.25) is 0 Å². The fraction of sp³-hybridized carbons (Fsp3) is 0.174. The Morgan fingerprint density at radius 1 is 0.885 bits per heavy atom. The molecule has 0 radical (unpaired) electrons. The second-order valence-corrected chi connectivity index (χ2v) is 6.16. The lowest BCUT2D eigenvalue weighted by Gasteiger charge is -2.12. The van der Waals surface area contributed by atoms with E-state index >= 15 is 0 Å². The van der Waals surface area contributed by atoms with E-state index in [1.54, 1.807) is 0 Å². The van der Waals surface area contributed by atoms with Crippen LogP contribution in [0.1, 0.15) is 23.6 Å². The Hall–Kier alpha value is -3.07. The first-order valence-corrected chi connectivity index (χ1v) is 8.88. The quantitative estimate of drug-likeness (QED) is 0.664. The molecule has 0 heterocycles. The molecule has 0 saturated carbocycles. The third-order valence-corrected chi connectivity index (χ3v) is 4.21. The van der Waals surface area contributed by atoms with Gasteiger partial charge in [0.2, 0.25) is 0 Å². The third kappa shape index (κ3) is 4.96. The number of hydrogen-bond donors (Lipinski definition) is 1. The first kappa shape index (κ1) is 17.7. The molecular weight excluding hydrogens is 322 g/mol. The molecular formula is C23H23NO2. The van der Waals surface area contributed by atoms with E-state index in [2.05, 4.69) is 24.4 Å². The van der Waals surface area contributed by atoms with Crippen molar-refractivity contribution in [2.45, 2.75) is 19.8 Å². The number of ether oxygens (including phenoxy) is 1. The van der Waals surface area contributed by atoms with Crippen LogP contribution in [0.3, 0.4) is 0 Å². The van der Waals surface area contributed by atoms with Gasteiger partial charge in [0.15, 0.2) is 6.61 Å². The zero-order valence-corrected chi connectivity index (χ0v) is 14.9. The van der Waals surface area contributed by atoms with Gasteiger partial charge in [-0.2, -0.15) is 0 Å². The van der Waals surface area contributed by atoms with Gasteiger partial charge in [-0.3, -0.25) is 4.79 Å². The van der Waals surface area contributed by atoms with Gasteiger partial charge in [-0.05, 0) is 47.7 Å². The summed E-state index contributed by atoms with van der Waals surface area (Å²) in [5.74, 6) is 0.560. The standard InChI is InChI=1S/C23H23NO2/c1-2-18-11-8-13-21(16-18)26-17-23(25)24-22-14-7-6-12-20(22)15-19-9-4-3-5-10-19/h3-14,16H,2,15,17H2,1H3,(H,24,25). The zero-order chi connectivity index (χ0) is 18.2. The topological polar surface area (TPSA) is 38.3 Å². The first-order chi connectivity index (χ1) is 12.7. The lowest BCUT2D eigenvalue weighted by molar-refractivity contribution is -0.118. The minimum Gasteiger partial charge on any atom is -0.484 e. The zero-order valence-electron chi connectivity index (χ0n) is 14.9. The molecule has 0 unspecified atom stereocenters.